The van der Waals surface area contributed by atoms with E-state index in [1.165, 1.54) is 5.56 Å². The number of pyridine rings is 3. The normalized spacial score (nSPS) is 11.4. The zero-order chi connectivity index (χ0) is 35.1. The SMILES string of the molecule is c1ccc(-c2ccc(-c3nc(-c4cccc(-c5ccc(-c6nc7ccccc7c7nc8ccccn8c67)cc5)c4)cc(-c4ccccn4)n3)cc2)cc1. The van der Waals surface area contributed by atoms with Crippen LogP contribution in [-0.4, -0.2) is 29.3 Å². The van der Waals surface area contributed by atoms with Crippen molar-refractivity contribution in [1.29, 1.82) is 0 Å². The van der Waals surface area contributed by atoms with Crippen LogP contribution in [0.15, 0.2) is 182 Å². The third-order valence-electron chi connectivity index (χ3n) is 9.70. The highest BCUT2D eigenvalue weighted by Gasteiger charge is 2.17. The molecule has 0 fully saturated rings. The van der Waals surface area contributed by atoms with Gasteiger partial charge in [-0.25, -0.2) is 19.9 Å². The molecule has 0 aliphatic carbocycles. The van der Waals surface area contributed by atoms with E-state index in [2.05, 4.69) is 125 Å². The first-order valence-electron chi connectivity index (χ1n) is 17.6. The zero-order valence-corrected chi connectivity index (χ0v) is 28.5. The Morgan fingerprint density at radius 2 is 1.06 bits per heavy atom. The Morgan fingerprint density at radius 1 is 0.396 bits per heavy atom. The van der Waals surface area contributed by atoms with Gasteiger partial charge in [0.1, 0.15) is 11.2 Å². The minimum atomic E-state index is 0.652. The molecule has 0 saturated heterocycles. The van der Waals surface area contributed by atoms with E-state index in [0.29, 0.717) is 5.82 Å². The summed E-state index contributed by atoms with van der Waals surface area (Å²) in [6.45, 7) is 0. The fourth-order valence-corrected chi connectivity index (χ4v) is 7.05. The van der Waals surface area contributed by atoms with E-state index in [4.69, 9.17) is 19.9 Å². The summed E-state index contributed by atoms with van der Waals surface area (Å²) in [7, 11) is 0. The second kappa shape index (κ2) is 12.8. The Hall–Kier alpha value is -7.31. The molecule has 0 aliphatic heterocycles. The number of aromatic nitrogens is 6. The van der Waals surface area contributed by atoms with Gasteiger partial charge in [-0.2, -0.15) is 0 Å². The van der Waals surface area contributed by atoms with Crippen molar-refractivity contribution in [3.63, 3.8) is 0 Å². The van der Waals surface area contributed by atoms with E-state index in [1.807, 2.05) is 60.7 Å². The maximum absolute atomic E-state index is 5.16. The minimum absolute atomic E-state index is 0.652. The predicted octanol–water partition coefficient (Wildman–Crippen LogP) is 11.2. The second-order valence-electron chi connectivity index (χ2n) is 13.0. The highest BCUT2D eigenvalue weighted by atomic mass is 15.0. The van der Waals surface area contributed by atoms with Gasteiger partial charge in [0, 0.05) is 34.5 Å². The van der Waals surface area contributed by atoms with Crippen molar-refractivity contribution in [2.24, 2.45) is 0 Å². The lowest BCUT2D eigenvalue weighted by Crippen LogP contribution is -1.97. The third kappa shape index (κ3) is 5.59. The van der Waals surface area contributed by atoms with Gasteiger partial charge in [-0.15, -0.1) is 0 Å². The van der Waals surface area contributed by atoms with E-state index in [0.717, 1.165) is 83.7 Å². The molecule has 0 unspecified atom stereocenters. The van der Waals surface area contributed by atoms with Crippen LogP contribution in [0.4, 0.5) is 0 Å². The number of rotatable bonds is 6. The minimum Gasteiger partial charge on any atom is -0.298 e. The lowest BCUT2D eigenvalue weighted by Gasteiger charge is -2.11. The van der Waals surface area contributed by atoms with Crippen molar-refractivity contribution in [1.82, 2.24) is 29.3 Å². The summed E-state index contributed by atoms with van der Waals surface area (Å²) in [5.41, 5.74) is 14.6. The molecule has 5 aromatic carbocycles. The van der Waals surface area contributed by atoms with Crippen LogP contribution in [0.25, 0.3) is 95.1 Å². The number of nitrogens with zero attached hydrogens (tertiary/aromatic N) is 6. The van der Waals surface area contributed by atoms with Crippen molar-refractivity contribution in [3.05, 3.63) is 182 Å². The zero-order valence-electron chi connectivity index (χ0n) is 28.5. The summed E-state index contributed by atoms with van der Waals surface area (Å²) < 4.78 is 2.13. The first kappa shape index (κ1) is 30.5. The Labute approximate surface area is 305 Å². The summed E-state index contributed by atoms with van der Waals surface area (Å²) >= 11 is 0. The van der Waals surface area contributed by atoms with Gasteiger partial charge in [-0.05, 0) is 64.7 Å². The number of hydrogen-bond donors (Lipinski definition) is 0. The van der Waals surface area contributed by atoms with Gasteiger partial charge in [0.2, 0.25) is 0 Å². The topological polar surface area (TPSA) is 68.9 Å². The maximum atomic E-state index is 5.16. The summed E-state index contributed by atoms with van der Waals surface area (Å²) in [4.78, 5) is 24.9. The largest absolute Gasteiger partial charge is 0.298 e. The molecule has 248 valence electrons. The molecule has 10 rings (SSSR count). The lowest BCUT2D eigenvalue weighted by atomic mass is 9.98. The van der Waals surface area contributed by atoms with E-state index >= 15 is 0 Å². The monoisotopic (exact) mass is 678 g/mol. The highest BCUT2D eigenvalue weighted by molar-refractivity contribution is 6.09. The standard InChI is InChI=1S/C47H30N6/c1-2-11-31(12-3-1)32-21-25-35(26-22-32)47-50-41(30-42(51-47)40-17-6-8-27-48-40)37-14-10-13-36(29-37)33-19-23-34(24-20-33)44-46-45(38-15-4-5-16-39(38)49-44)52-43-18-7-9-28-53(43)46/h1-30H. The molecule has 0 bridgehead atoms. The summed E-state index contributed by atoms with van der Waals surface area (Å²) in [6, 6.07) is 58.2. The van der Waals surface area contributed by atoms with E-state index in [-0.39, 0.29) is 0 Å². The Kier molecular flexibility index (Phi) is 7.36. The van der Waals surface area contributed by atoms with Crippen LogP contribution < -0.4 is 0 Å². The van der Waals surface area contributed by atoms with Gasteiger partial charge in [0.25, 0.3) is 0 Å². The van der Waals surface area contributed by atoms with Crippen molar-refractivity contribution in [3.8, 4) is 67.5 Å². The second-order valence-corrected chi connectivity index (χ2v) is 13.0. The molecule has 0 amide bonds. The van der Waals surface area contributed by atoms with Gasteiger partial charge in [-0.1, -0.05) is 127 Å². The molecule has 0 spiro atoms. The number of hydrogen-bond acceptors (Lipinski definition) is 5. The highest BCUT2D eigenvalue weighted by Crippen LogP contribution is 2.35. The van der Waals surface area contributed by atoms with Crippen LogP contribution >= 0.6 is 0 Å². The molecule has 0 atom stereocenters. The smallest absolute Gasteiger partial charge is 0.160 e. The van der Waals surface area contributed by atoms with Gasteiger partial charge in [0.15, 0.2) is 5.82 Å². The molecular weight excluding hydrogens is 649 g/mol. The number of imidazole rings is 1. The molecule has 5 aromatic heterocycles. The van der Waals surface area contributed by atoms with Crippen molar-refractivity contribution in [2.75, 3.05) is 0 Å². The molecule has 10 aromatic rings. The molecular formula is C47H30N6. The molecule has 6 heteroatoms. The molecule has 5 heterocycles. The molecule has 0 N–H and O–H groups in total. The maximum Gasteiger partial charge on any atom is 0.160 e. The van der Waals surface area contributed by atoms with Crippen molar-refractivity contribution in [2.45, 2.75) is 0 Å². The summed E-state index contributed by atoms with van der Waals surface area (Å²) in [5, 5.41) is 1.05. The van der Waals surface area contributed by atoms with Crippen LogP contribution in [-0.2, 0) is 0 Å². The van der Waals surface area contributed by atoms with Crippen molar-refractivity contribution < 1.29 is 0 Å². The van der Waals surface area contributed by atoms with E-state index in [9.17, 15) is 0 Å². The lowest BCUT2D eigenvalue weighted by molar-refractivity contribution is 1.16. The third-order valence-corrected chi connectivity index (χ3v) is 9.70. The molecule has 0 radical (unpaired) electrons. The first-order valence-corrected chi connectivity index (χ1v) is 17.6. The van der Waals surface area contributed by atoms with Crippen LogP contribution in [0.5, 0.6) is 0 Å². The van der Waals surface area contributed by atoms with E-state index in [1.54, 1.807) is 6.20 Å². The summed E-state index contributed by atoms with van der Waals surface area (Å²) in [6.07, 6.45) is 3.85. The molecule has 0 aliphatic rings. The average Bonchev–Trinajstić information content (AvgIpc) is 3.64. The molecule has 6 nitrogen and oxygen atoms in total. The van der Waals surface area contributed by atoms with Crippen LogP contribution in [0.1, 0.15) is 0 Å². The summed E-state index contributed by atoms with van der Waals surface area (Å²) in [5.74, 6) is 0.652. The number of para-hydroxylation sites is 1. The van der Waals surface area contributed by atoms with Gasteiger partial charge >= 0.3 is 0 Å². The predicted molar refractivity (Wildman–Crippen MR) is 214 cm³/mol. The Morgan fingerprint density at radius 3 is 1.89 bits per heavy atom. The molecule has 0 saturated carbocycles. The Balaban J connectivity index is 1.03. The van der Waals surface area contributed by atoms with Gasteiger partial charge < -0.3 is 0 Å². The van der Waals surface area contributed by atoms with Crippen molar-refractivity contribution >= 4 is 27.6 Å². The van der Waals surface area contributed by atoms with Gasteiger partial charge in [-0.3, -0.25) is 9.38 Å². The Bertz CT molecular complexity index is 2920. The quantitative estimate of drug-likeness (QED) is 0.175. The van der Waals surface area contributed by atoms with Crippen LogP contribution in [0, 0.1) is 0 Å². The average molecular weight is 679 g/mol. The first-order chi connectivity index (χ1) is 26.2. The fraction of sp³-hybridized carbons (Fsp3) is 0. The van der Waals surface area contributed by atoms with Gasteiger partial charge in [0.05, 0.1) is 33.8 Å². The number of fused-ring (bicyclic) bond motifs is 5. The van der Waals surface area contributed by atoms with Crippen LogP contribution in [0.2, 0.25) is 0 Å². The molecule has 53 heavy (non-hydrogen) atoms. The van der Waals surface area contributed by atoms with Crippen LogP contribution in [0.3, 0.4) is 0 Å². The fourth-order valence-electron chi connectivity index (χ4n) is 7.05. The number of benzene rings is 5. The van der Waals surface area contributed by atoms with E-state index < -0.39 is 0 Å².